The fourth-order valence-electron chi connectivity index (χ4n) is 2.98. The van der Waals surface area contributed by atoms with Gasteiger partial charge >= 0.3 is 0 Å². The number of rotatable bonds is 3. The molecule has 1 aromatic rings. The Hall–Kier alpha value is -1.02. The van der Waals surface area contributed by atoms with Crippen LogP contribution in [-0.2, 0) is 11.2 Å². The molecule has 3 rings (SSSR count). The summed E-state index contributed by atoms with van der Waals surface area (Å²) < 4.78 is 11.1. The van der Waals surface area contributed by atoms with Crippen LogP contribution in [0.3, 0.4) is 0 Å². The minimum atomic E-state index is 0.140. The zero-order valence-electron chi connectivity index (χ0n) is 12.9. The van der Waals surface area contributed by atoms with Crippen LogP contribution in [0.15, 0.2) is 4.52 Å². The van der Waals surface area contributed by atoms with E-state index in [2.05, 4.69) is 39.4 Å². The van der Waals surface area contributed by atoms with Gasteiger partial charge in [-0.2, -0.15) is 4.98 Å². The van der Waals surface area contributed by atoms with Crippen molar-refractivity contribution in [1.29, 1.82) is 0 Å². The van der Waals surface area contributed by atoms with Crippen molar-refractivity contribution in [3.63, 3.8) is 0 Å². The Morgan fingerprint density at radius 1 is 1.33 bits per heavy atom. The van der Waals surface area contributed by atoms with E-state index in [0.29, 0.717) is 12.3 Å². The van der Waals surface area contributed by atoms with Gasteiger partial charge < -0.3 is 19.5 Å². The minimum absolute atomic E-state index is 0.140. The first-order valence-corrected chi connectivity index (χ1v) is 7.76. The van der Waals surface area contributed by atoms with Gasteiger partial charge in [0.25, 0.3) is 0 Å². The molecule has 0 spiro atoms. The van der Waals surface area contributed by atoms with E-state index in [4.69, 9.17) is 9.26 Å². The summed E-state index contributed by atoms with van der Waals surface area (Å²) in [5.74, 6) is 1.48. The van der Waals surface area contributed by atoms with E-state index in [1.54, 1.807) is 0 Å². The second-order valence-electron chi connectivity index (χ2n) is 6.06. The largest absolute Gasteiger partial charge is 0.375 e. The molecule has 2 atom stereocenters. The highest BCUT2D eigenvalue weighted by Crippen LogP contribution is 2.21. The van der Waals surface area contributed by atoms with E-state index >= 15 is 0 Å². The smallest absolute Gasteiger partial charge is 0.229 e. The van der Waals surface area contributed by atoms with Crippen molar-refractivity contribution in [3.05, 3.63) is 11.7 Å². The lowest BCUT2D eigenvalue weighted by atomic mass is 10.2. The van der Waals surface area contributed by atoms with Gasteiger partial charge in [0.1, 0.15) is 0 Å². The standard InChI is InChI=1S/C14H25N5O2/c1-18-5-3-6-19(2)12(10-18)14-16-13(21-17-14)8-11-9-15-4-7-20-11/h11-12,15H,3-10H2,1-2H3. The van der Waals surface area contributed by atoms with Crippen molar-refractivity contribution in [2.45, 2.75) is 25.0 Å². The summed E-state index contributed by atoms with van der Waals surface area (Å²) in [7, 11) is 4.28. The predicted octanol–water partition coefficient (Wildman–Crippen LogP) is -0.0911. The zero-order valence-corrected chi connectivity index (χ0v) is 12.9. The molecule has 2 aliphatic rings. The first kappa shape index (κ1) is 14.9. The maximum atomic E-state index is 5.69. The maximum Gasteiger partial charge on any atom is 0.229 e. The number of morpholine rings is 1. The zero-order chi connectivity index (χ0) is 14.7. The van der Waals surface area contributed by atoms with E-state index in [-0.39, 0.29) is 12.1 Å². The van der Waals surface area contributed by atoms with Crippen LogP contribution in [0.2, 0.25) is 0 Å². The number of hydrogen-bond acceptors (Lipinski definition) is 7. The van der Waals surface area contributed by atoms with Gasteiger partial charge in [0, 0.05) is 19.6 Å². The van der Waals surface area contributed by atoms with Gasteiger partial charge in [-0.25, -0.2) is 0 Å². The van der Waals surface area contributed by atoms with Crippen LogP contribution in [0.4, 0.5) is 0 Å². The van der Waals surface area contributed by atoms with Crippen molar-refractivity contribution >= 4 is 0 Å². The predicted molar refractivity (Wildman–Crippen MR) is 78.1 cm³/mol. The summed E-state index contributed by atoms with van der Waals surface area (Å²) >= 11 is 0. The molecular weight excluding hydrogens is 270 g/mol. The highest BCUT2D eigenvalue weighted by Gasteiger charge is 2.27. The molecule has 21 heavy (non-hydrogen) atoms. The average molecular weight is 295 g/mol. The van der Waals surface area contributed by atoms with Gasteiger partial charge in [0.05, 0.1) is 25.2 Å². The lowest BCUT2D eigenvalue weighted by Gasteiger charge is -2.24. The molecule has 2 unspecified atom stereocenters. The van der Waals surface area contributed by atoms with E-state index in [1.807, 2.05) is 0 Å². The molecule has 7 nitrogen and oxygen atoms in total. The third-order valence-electron chi connectivity index (χ3n) is 4.26. The Kier molecular flexibility index (Phi) is 4.84. The molecule has 1 aromatic heterocycles. The molecular formula is C14H25N5O2. The summed E-state index contributed by atoms with van der Waals surface area (Å²) in [6, 6.07) is 0.209. The van der Waals surface area contributed by atoms with Gasteiger partial charge in [0.2, 0.25) is 5.89 Å². The maximum absolute atomic E-state index is 5.69. The molecule has 2 saturated heterocycles. The Labute approximate surface area is 125 Å². The van der Waals surface area contributed by atoms with Crippen LogP contribution >= 0.6 is 0 Å². The molecule has 2 fully saturated rings. The summed E-state index contributed by atoms with van der Waals surface area (Å²) in [6.07, 6.45) is 2.00. The molecule has 0 aromatic carbocycles. The fraction of sp³-hybridized carbons (Fsp3) is 0.857. The Balaban J connectivity index is 1.65. The molecule has 7 heteroatoms. The molecule has 2 aliphatic heterocycles. The van der Waals surface area contributed by atoms with Crippen LogP contribution in [0.25, 0.3) is 0 Å². The fourth-order valence-corrected chi connectivity index (χ4v) is 2.98. The molecule has 3 heterocycles. The Morgan fingerprint density at radius 2 is 2.24 bits per heavy atom. The van der Waals surface area contributed by atoms with Crippen LogP contribution in [0.1, 0.15) is 24.2 Å². The summed E-state index contributed by atoms with van der Waals surface area (Å²) in [4.78, 5) is 9.25. The topological polar surface area (TPSA) is 66.7 Å². The number of nitrogens with zero attached hydrogens (tertiary/aromatic N) is 4. The van der Waals surface area contributed by atoms with Gasteiger partial charge in [-0.3, -0.25) is 4.90 Å². The molecule has 0 amide bonds. The van der Waals surface area contributed by atoms with Crippen LogP contribution < -0.4 is 5.32 Å². The summed E-state index contributed by atoms with van der Waals surface area (Å²) in [5, 5.41) is 7.52. The second-order valence-corrected chi connectivity index (χ2v) is 6.06. The molecule has 0 radical (unpaired) electrons. The molecule has 1 N–H and O–H groups in total. The van der Waals surface area contributed by atoms with Crippen LogP contribution in [0, 0.1) is 0 Å². The molecule has 0 aliphatic carbocycles. The monoisotopic (exact) mass is 295 g/mol. The average Bonchev–Trinajstić information content (AvgIpc) is 2.86. The van der Waals surface area contributed by atoms with E-state index in [1.165, 1.54) is 6.42 Å². The highest BCUT2D eigenvalue weighted by atomic mass is 16.5. The number of hydrogen-bond donors (Lipinski definition) is 1. The van der Waals surface area contributed by atoms with E-state index in [0.717, 1.165) is 45.2 Å². The van der Waals surface area contributed by atoms with Gasteiger partial charge in [-0.05, 0) is 33.6 Å². The highest BCUT2D eigenvalue weighted by molar-refractivity contribution is 4.98. The molecule has 0 bridgehead atoms. The number of ether oxygens (including phenoxy) is 1. The number of aromatic nitrogens is 2. The number of nitrogens with one attached hydrogen (secondary N) is 1. The van der Waals surface area contributed by atoms with Crippen molar-refractivity contribution < 1.29 is 9.26 Å². The second kappa shape index (κ2) is 6.83. The van der Waals surface area contributed by atoms with Crippen molar-refractivity contribution in [3.8, 4) is 0 Å². The normalized spacial score (nSPS) is 29.4. The third-order valence-corrected chi connectivity index (χ3v) is 4.26. The third kappa shape index (κ3) is 3.79. The molecule has 0 saturated carbocycles. The van der Waals surface area contributed by atoms with Crippen LogP contribution in [-0.4, -0.2) is 79.5 Å². The van der Waals surface area contributed by atoms with Crippen molar-refractivity contribution in [2.75, 3.05) is 53.4 Å². The van der Waals surface area contributed by atoms with E-state index < -0.39 is 0 Å². The Morgan fingerprint density at radius 3 is 3.05 bits per heavy atom. The van der Waals surface area contributed by atoms with E-state index in [9.17, 15) is 0 Å². The van der Waals surface area contributed by atoms with Crippen molar-refractivity contribution in [2.24, 2.45) is 0 Å². The van der Waals surface area contributed by atoms with Crippen LogP contribution in [0.5, 0.6) is 0 Å². The minimum Gasteiger partial charge on any atom is -0.375 e. The number of likely N-dealkylation sites (N-methyl/N-ethyl adjacent to an activating group) is 2. The lowest BCUT2D eigenvalue weighted by molar-refractivity contribution is 0.0246. The quantitative estimate of drug-likeness (QED) is 0.836. The summed E-state index contributed by atoms with van der Waals surface area (Å²) in [6.45, 7) is 5.65. The van der Waals surface area contributed by atoms with Crippen molar-refractivity contribution in [1.82, 2.24) is 25.3 Å². The molecule has 118 valence electrons. The van der Waals surface area contributed by atoms with Gasteiger partial charge in [0.15, 0.2) is 5.82 Å². The van der Waals surface area contributed by atoms with Gasteiger partial charge in [-0.15, -0.1) is 0 Å². The Bertz CT molecular complexity index is 446. The van der Waals surface area contributed by atoms with Gasteiger partial charge in [-0.1, -0.05) is 5.16 Å². The summed E-state index contributed by atoms with van der Waals surface area (Å²) in [5.41, 5.74) is 0. The first-order chi connectivity index (χ1) is 10.2. The first-order valence-electron chi connectivity index (χ1n) is 7.76. The lowest BCUT2D eigenvalue weighted by Crippen LogP contribution is -2.39. The SMILES string of the molecule is CN1CCCN(C)C(c2noc(CC3CNCCO3)n2)C1.